The molecule has 4 N–H and O–H groups in total. The average molecular weight is 130 g/mol. The van der Waals surface area contributed by atoms with Gasteiger partial charge in [-0.1, -0.05) is 0 Å². The first-order valence-electron chi connectivity index (χ1n) is 3.33. The van der Waals surface area contributed by atoms with E-state index in [0.29, 0.717) is 6.61 Å². The minimum Gasteiger partial charge on any atom is -0.375 e. The fourth-order valence-electron chi connectivity index (χ4n) is 1.05. The summed E-state index contributed by atoms with van der Waals surface area (Å²) in [5.74, 6) is 0. The van der Waals surface area contributed by atoms with Gasteiger partial charge in [-0.25, -0.2) is 0 Å². The van der Waals surface area contributed by atoms with Gasteiger partial charge in [0.25, 0.3) is 0 Å². The van der Waals surface area contributed by atoms with Crippen LogP contribution in [0.4, 0.5) is 0 Å². The number of rotatable bonds is 1. The van der Waals surface area contributed by atoms with Crippen LogP contribution in [0.15, 0.2) is 0 Å². The van der Waals surface area contributed by atoms with Gasteiger partial charge in [-0.05, 0) is 13.3 Å². The van der Waals surface area contributed by atoms with Crippen LogP contribution in [0, 0.1) is 0 Å². The Labute approximate surface area is 55.4 Å². The Bertz CT molecular complexity index is 95.1. The van der Waals surface area contributed by atoms with Crippen molar-refractivity contribution < 1.29 is 4.74 Å². The van der Waals surface area contributed by atoms with E-state index >= 15 is 0 Å². The molecular weight excluding hydrogens is 116 g/mol. The molecule has 1 fully saturated rings. The molecule has 3 atom stereocenters. The van der Waals surface area contributed by atoms with Crippen molar-refractivity contribution in [1.29, 1.82) is 0 Å². The van der Waals surface area contributed by atoms with Crippen LogP contribution >= 0.6 is 0 Å². The molecule has 1 aliphatic rings. The minimum atomic E-state index is 0.124. The molecule has 9 heavy (non-hydrogen) atoms. The van der Waals surface area contributed by atoms with E-state index in [-0.39, 0.29) is 18.2 Å². The second-order valence-electron chi connectivity index (χ2n) is 2.73. The molecule has 0 aromatic heterocycles. The van der Waals surface area contributed by atoms with Gasteiger partial charge in [0.05, 0.1) is 12.7 Å². The third-order valence-corrected chi connectivity index (χ3v) is 1.65. The molecule has 3 heteroatoms. The van der Waals surface area contributed by atoms with Crippen molar-refractivity contribution in [2.24, 2.45) is 11.5 Å². The van der Waals surface area contributed by atoms with E-state index in [2.05, 4.69) is 0 Å². The highest BCUT2D eigenvalue weighted by Gasteiger charge is 2.24. The third-order valence-electron chi connectivity index (χ3n) is 1.65. The lowest BCUT2D eigenvalue weighted by Gasteiger charge is -2.11. The van der Waals surface area contributed by atoms with Gasteiger partial charge in [-0.3, -0.25) is 0 Å². The molecule has 3 nitrogen and oxygen atoms in total. The van der Waals surface area contributed by atoms with Crippen LogP contribution in [0.1, 0.15) is 13.3 Å². The first-order valence-corrected chi connectivity index (χ1v) is 3.33. The normalized spacial score (nSPS) is 39.0. The van der Waals surface area contributed by atoms with Crippen LogP contribution in [0.3, 0.4) is 0 Å². The van der Waals surface area contributed by atoms with Crippen molar-refractivity contribution in [3.8, 4) is 0 Å². The fourth-order valence-corrected chi connectivity index (χ4v) is 1.05. The zero-order valence-electron chi connectivity index (χ0n) is 5.71. The predicted molar refractivity (Wildman–Crippen MR) is 36.0 cm³/mol. The maximum atomic E-state index is 5.58. The molecule has 0 radical (unpaired) electrons. The van der Waals surface area contributed by atoms with Crippen molar-refractivity contribution in [1.82, 2.24) is 0 Å². The van der Waals surface area contributed by atoms with Gasteiger partial charge in [-0.2, -0.15) is 0 Å². The summed E-state index contributed by atoms with van der Waals surface area (Å²) in [4.78, 5) is 0. The van der Waals surface area contributed by atoms with E-state index in [1.54, 1.807) is 0 Å². The van der Waals surface area contributed by atoms with Gasteiger partial charge in [-0.15, -0.1) is 0 Å². The molecule has 0 saturated carbocycles. The largest absolute Gasteiger partial charge is 0.375 e. The molecule has 0 spiro atoms. The van der Waals surface area contributed by atoms with E-state index in [0.717, 1.165) is 6.42 Å². The molecule has 1 heterocycles. The van der Waals surface area contributed by atoms with Crippen molar-refractivity contribution >= 4 is 0 Å². The van der Waals surface area contributed by atoms with E-state index in [1.165, 1.54) is 0 Å². The van der Waals surface area contributed by atoms with E-state index in [4.69, 9.17) is 16.2 Å². The second kappa shape index (κ2) is 2.64. The topological polar surface area (TPSA) is 61.3 Å². The number of ether oxygens (including phenoxy) is 1. The van der Waals surface area contributed by atoms with Gasteiger partial charge >= 0.3 is 0 Å². The highest BCUT2D eigenvalue weighted by atomic mass is 16.5. The van der Waals surface area contributed by atoms with E-state index in [1.807, 2.05) is 6.92 Å². The van der Waals surface area contributed by atoms with Crippen molar-refractivity contribution in [2.45, 2.75) is 31.5 Å². The molecule has 3 unspecified atom stereocenters. The molecule has 0 bridgehead atoms. The summed E-state index contributed by atoms with van der Waals surface area (Å²) in [7, 11) is 0. The SMILES string of the molecule is CC(N)C1CC(N)CO1. The summed E-state index contributed by atoms with van der Waals surface area (Å²) >= 11 is 0. The molecule has 54 valence electrons. The van der Waals surface area contributed by atoms with Gasteiger partial charge in [0.2, 0.25) is 0 Å². The lowest BCUT2D eigenvalue weighted by Crippen LogP contribution is -2.31. The van der Waals surface area contributed by atoms with Gasteiger partial charge in [0.1, 0.15) is 0 Å². The van der Waals surface area contributed by atoms with Crippen LogP contribution in [-0.2, 0) is 4.74 Å². The standard InChI is InChI=1S/C6H14N2O/c1-4(7)6-2-5(8)3-9-6/h4-6H,2-3,7-8H2,1H3. The summed E-state index contributed by atoms with van der Waals surface area (Å²) in [5, 5.41) is 0. The first kappa shape index (κ1) is 6.99. The Morgan fingerprint density at radius 3 is 2.56 bits per heavy atom. The quantitative estimate of drug-likeness (QED) is 0.500. The third kappa shape index (κ3) is 1.64. The molecule has 0 aromatic carbocycles. The van der Waals surface area contributed by atoms with Crippen LogP contribution in [0.25, 0.3) is 0 Å². The van der Waals surface area contributed by atoms with Crippen molar-refractivity contribution in [3.63, 3.8) is 0 Å². The maximum absolute atomic E-state index is 5.58. The molecular formula is C6H14N2O. The lowest BCUT2D eigenvalue weighted by molar-refractivity contribution is 0.0936. The summed E-state index contributed by atoms with van der Waals surface area (Å²) in [6.45, 7) is 2.62. The van der Waals surface area contributed by atoms with Crippen molar-refractivity contribution in [3.05, 3.63) is 0 Å². The van der Waals surface area contributed by atoms with E-state index in [9.17, 15) is 0 Å². The highest BCUT2D eigenvalue weighted by Crippen LogP contribution is 2.12. The van der Waals surface area contributed by atoms with Crippen LogP contribution < -0.4 is 11.5 Å². The number of nitrogens with two attached hydrogens (primary N) is 2. The molecule has 0 amide bonds. The lowest BCUT2D eigenvalue weighted by atomic mass is 10.1. The number of hydrogen-bond acceptors (Lipinski definition) is 3. The Balaban J connectivity index is 2.30. The number of hydrogen-bond donors (Lipinski definition) is 2. The van der Waals surface area contributed by atoms with Crippen LogP contribution in [-0.4, -0.2) is 24.8 Å². The molecule has 0 aliphatic carbocycles. The zero-order valence-corrected chi connectivity index (χ0v) is 5.71. The fraction of sp³-hybridized carbons (Fsp3) is 1.00. The average Bonchev–Trinajstić information content (AvgIpc) is 2.14. The van der Waals surface area contributed by atoms with E-state index < -0.39 is 0 Å². The highest BCUT2D eigenvalue weighted by molar-refractivity contribution is 4.80. The smallest absolute Gasteiger partial charge is 0.0739 e. The summed E-state index contributed by atoms with van der Waals surface area (Å²) in [6, 6.07) is 0.333. The van der Waals surface area contributed by atoms with Gasteiger partial charge < -0.3 is 16.2 Å². The molecule has 1 saturated heterocycles. The first-order chi connectivity index (χ1) is 4.20. The predicted octanol–water partition coefficient (Wildman–Crippen LogP) is -0.550. The Hall–Kier alpha value is -0.120. The zero-order chi connectivity index (χ0) is 6.85. The van der Waals surface area contributed by atoms with Crippen LogP contribution in [0.5, 0.6) is 0 Å². The molecule has 1 rings (SSSR count). The summed E-state index contributed by atoms with van der Waals surface area (Å²) in [5.41, 5.74) is 11.2. The summed E-state index contributed by atoms with van der Waals surface area (Å²) in [6.07, 6.45) is 1.11. The molecule has 1 aliphatic heterocycles. The maximum Gasteiger partial charge on any atom is 0.0739 e. The Morgan fingerprint density at radius 1 is 1.67 bits per heavy atom. The van der Waals surface area contributed by atoms with Gasteiger partial charge in [0, 0.05) is 12.1 Å². The van der Waals surface area contributed by atoms with Crippen molar-refractivity contribution in [2.75, 3.05) is 6.61 Å². The monoisotopic (exact) mass is 130 g/mol. The Kier molecular flexibility index (Phi) is 2.05. The minimum absolute atomic E-state index is 0.124. The van der Waals surface area contributed by atoms with Crippen LogP contribution in [0.2, 0.25) is 0 Å². The van der Waals surface area contributed by atoms with Gasteiger partial charge in [0.15, 0.2) is 0 Å². The summed E-state index contributed by atoms with van der Waals surface area (Å²) < 4.78 is 5.28. The second-order valence-corrected chi connectivity index (χ2v) is 2.73. The molecule has 0 aromatic rings. The Morgan fingerprint density at radius 2 is 2.33 bits per heavy atom.